The molecule has 2 heteroatoms. The molecule has 1 N–H and O–H groups in total. The van der Waals surface area contributed by atoms with E-state index in [1.165, 1.54) is 24.8 Å². The lowest BCUT2D eigenvalue weighted by atomic mass is 9.80. The Morgan fingerprint density at radius 1 is 1.35 bits per heavy atom. The molecule has 17 heavy (non-hydrogen) atoms. The monoisotopic (exact) mass is 231 g/mol. The fourth-order valence-electron chi connectivity index (χ4n) is 2.83. The number of hydrogen-bond acceptors (Lipinski definition) is 2. The maximum atomic E-state index is 5.70. The molecular formula is C15H21NO. The van der Waals surface area contributed by atoms with Crippen LogP contribution in [0, 0.1) is 5.92 Å². The van der Waals surface area contributed by atoms with Crippen molar-refractivity contribution in [1.82, 2.24) is 5.32 Å². The van der Waals surface area contributed by atoms with Crippen molar-refractivity contribution in [2.75, 3.05) is 13.2 Å². The van der Waals surface area contributed by atoms with E-state index in [-0.39, 0.29) is 0 Å². The van der Waals surface area contributed by atoms with Gasteiger partial charge in [0, 0.05) is 24.1 Å². The molecule has 1 aromatic carbocycles. The Hall–Kier alpha value is -1.02. The van der Waals surface area contributed by atoms with E-state index in [2.05, 4.69) is 30.4 Å². The van der Waals surface area contributed by atoms with Crippen molar-refractivity contribution in [2.45, 2.75) is 38.1 Å². The minimum atomic E-state index is 0.536. The third kappa shape index (κ3) is 2.19. The minimum Gasteiger partial charge on any atom is -0.493 e. The van der Waals surface area contributed by atoms with Gasteiger partial charge >= 0.3 is 0 Å². The Morgan fingerprint density at radius 2 is 2.18 bits per heavy atom. The highest BCUT2D eigenvalue weighted by atomic mass is 16.5. The summed E-state index contributed by atoms with van der Waals surface area (Å²) in [5.74, 6) is 2.52. The second-order valence-electron chi connectivity index (χ2n) is 5.43. The lowest BCUT2D eigenvalue weighted by Crippen LogP contribution is -2.39. The van der Waals surface area contributed by atoms with Gasteiger partial charge in [0.2, 0.25) is 0 Å². The molecule has 1 aliphatic carbocycles. The minimum absolute atomic E-state index is 0.536. The third-order valence-electron chi connectivity index (χ3n) is 4.34. The molecule has 0 spiro atoms. The van der Waals surface area contributed by atoms with Crippen LogP contribution in [0.4, 0.5) is 0 Å². The van der Waals surface area contributed by atoms with E-state index in [4.69, 9.17) is 4.74 Å². The maximum absolute atomic E-state index is 5.70. The van der Waals surface area contributed by atoms with Crippen molar-refractivity contribution < 1.29 is 4.74 Å². The van der Waals surface area contributed by atoms with Crippen LogP contribution >= 0.6 is 0 Å². The highest BCUT2D eigenvalue weighted by molar-refractivity contribution is 5.39. The summed E-state index contributed by atoms with van der Waals surface area (Å²) in [6.45, 7) is 4.21. The molecule has 0 aromatic heterocycles. The van der Waals surface area contributed by atoms with Crippen LogP contribution in [0.15, 0.2) is 24.3 Å². The lowest BCUT2D eigenvalue weighted by Gasteiger charge is -2.32. The Kier molecular flexibility index (Phi) is 3.06. The van der Waals surface area contributed by atoms with Gasteiger partial charge in [0.25, 0.3) is 0 Å². The van der Waals surface area contributed by atoms with E-state index in [0.717, 1.165) is 24.8 Å². The zero-order valence-corrected chi connectivity index (χ0v) is 10.5. The smallest absolute Gasteiger partial charge is 0.122 e. The molecule has 3 rings (SSSR count). The van der Waals surface area contributed by atoms with E-state index >= 15 is 0 Å². The number of benzene rings is 1. The van der Waals surface area contributed by atoms with Gasteiger partial charge in [0.15, 0.2) is 0 Å². The summed E-state index contributed by atoms with van der Waals surface area (Å²) < 4.78 is 5.70. The topological polar surface area (TPSA) is 21.3 Å². The molecule has 0 saturated heterocycles. The molecular weight excluding hydrogens is 210 g/mol. The van der Waals surface area contributed by atoms with E-state index in [0.29, 0.717) is 12.0 Å². The van der Waals surface area contributed by atoms with Crippen molar-refractivity contribution in [3.63, 3.8) is 0 Å². The first-order chi connectivity index (χ1) is 8.34. The number of para-hydroxylation sites is 1. The first-order valence-electron chi connectivity index (χ1n) is 6.79. The molecule has 2 atom stereocenters. The summed E-state index contributed by atoms with van der Waals surface area (Å²) >= 11 is 0. The van der Waals surface area contributed by atoms with Crippen LogP contribution in [0.5, 0.6) is 5.75 Å². The van der Waals surface area contributed by atoms with Gasteiger partial charge < -0.3 is 10.1 Å². The second-order valence-corrected chi connectivity index (χ2v) is 5.43. The predicted molar refractivity (Wildman–Crippen MR) is 69.5 cm³/mol. The van der Waals surface area contributed by atoms with Crippen molar-refractivity contribution in [2.24, 2.45) is 5.92 Å². The van der Waals surface area contributed by atoms with Crippen LogP contribution in [0.3, 0.4) is 0 Å². The highest BCUT2D eigenvalue weighted by Crippen LogP contribution is 2.34. The van der Waals surface area contributed by atoms with Crippen LogP contribution in [0.25, 0.3) is 0 Å². The summed E-state index contributed by atoms with van der Waals surface area (Å²) in [6.07, 6.45) is 4.24. The quantitative estimate of drug-likeness (QED) is 0.860. The molecule has 2 unspecified atom stereocenters. The Labute approximate surface area is 103 Å². The van der Waals surface area contributed by atoms with Gasteiger partial charge in [-0.15, -0.1) is 0 Å². The second kappa shape index (κ2) is 4.69. The number of hydrogen-bond donors (Lipinski definition) is 1. The maximum Gasteiger partial charge on any atom is 0.122 e. The summed E-state index contributed by atoms with van der Waals surface area (Å²) in [5.41, 5.74) is 1.38. The summed E-state index contributed by atoms with van der Waals surface area (Å²) in [4.78, 5) is 0. The van der Waals surface area contributed by atoms with Gasteiger partial charge in [0.1, 0.15) is 5.75 Å². The van der Waals surface area contributed by atoms with Crippen LogP contribution < -0.4 is 10.1 Å². The number of ether oxygens (including phenoxy) is 1. The lowest BCUT2D eigenvalue weighted by molar-refractivity contribution is 0.234. The molecule has 0 amide bonds. The van der Waals surface area contributed by atoms with Crippen LogP contribution in [0.2, 0.25) is 0 Å². The highest BCUT2D eigenvalue weighted by Gasteiger charge is 2.27. The number of rotatable bonds is 4. The molecule has 1 fully saturated rings. The predicted octanol–water partition coefficient (Wildman–Crippen LogP) is 2.94. The van der Waals surface area contributed by atoms with Crippen molar-refractivity contribution in [3.05, 3.63) is 29.8 Å². The molecule has 92 valence electrons. The van der Waals surface area contributed by atoms with E-state index in [9.17, 15) is 0 Å². The molecule has 1 aliphatic heterocycles. The van der Waals surface area contributed by atoms with Gasteiger partial charge in [-0.1, -0.05) is 24.6 Å². The zero-order chi connectivity index (χ0) is 11.7. The Balaban J connectivity index is 1.56. The van der Waals surface area contributed by atoms with Gasteiger partial charge in [-0.25, -0.2) is 0 Å². The van der Waals surface area contributed by atoms with Crippen LogP contribution in [0.1, 0.15) is 37.7 Å². The molecule has 0 bridgehead atoms. The van der Waals surface area contributed by atoms with E-state index < -0.39 is 0 Å². The van der Waals surface area contributed by atoms with Gasteiger partial charge in [-0.2, -0.15) is 0 Å². The molecule has 2 nitrogen and oxygen atoms in total. The van der Waals surface area contributed by atoms with Crippen molar-refractivity contribution in [1.29, 1.82) is 0 Å². The summed E-state index contributed by atoms with van der Waals surface area (Å²) in [5, 5.41) is 3.69. The Morgan fingerprint density at radius 3 is 2.94 bits per heavy atom. The van der Waals surface area contributed by atoms with Crippen LogP contribution in [-0.2, 0) is 0 Å². The van der Waals surface area contributed by atoms with Gasteiger partial charge in [-0.3, -0.25) is 0 Å². The SMILES string of the molecule is CC(NCC1COc2ccccc21)C1CCC1. The average Bonchev–Trinajstić information content (AvgIpc) is 2.67. The molecule has 2 aliphatic rings. The fourth-order valence-corrected chi connectivity index (χ4v) is 2.83. The molecule has 1 heterocycles. The molecule has 0 radical (unpaired) electrons. The number of fused-ring (bicyclic) bond motifs is 1. The van der Waals surface area contributed by atoms with Crippen LogP contribution in [-0.4, -0.2) is 19.2 Å². The molecule has 1 saturated carbocycles. The fraction of sp³-hybridized carbons (Fsp3) is 0.600. The first kappa shape index (κ1) is 11.1. The van der Waals surface area contributed by atoms with Crippen molar-refractivity contribution >= 4 is 0 Å². The van der Waals surface area contributed by atoms with E-state index in [1.807, 2.05) is 6.07 Å². The molecule has 1 aromatic rings. The number of nitrogens with one attached hydrogen (secondary N) is 1. The zero-order valence-electron chi connectivity index (χ0n) is 10.5. The first-order valence-corrected chi connectivity index (χ1v) is 6.79. The summed E-state index contributed by atoms with van der Waals surface area (Å²) in [6, 6.07) is 9.09. The largest absolute Gasteiger partial charge is 0.493 e. The third-order valence-corrected chi connectivity index (χ3v) is 4.34. The Bertz CT molecular complexity index is 386. The van der Waals surface area contributed by atoms with Gasteiger partial charge in [0.05, 0.1) is 6.61 Å². The van der Waals surface area contributed by atoms with E-state index in [1.54, 1.807) is 0 Å². The van der Waals surface area contributed by atoms with Gasteiger partial charge in [-0.05, 0) is 31.7 Å². The van der Waals surface area contributed by atoms with Crippen molar-refractivity contribution in [3.8, 4) is 5.75 Å². The standard InChI is InChI=1S/C15H21NO/c1-11(12-5-4-6-12)16-9-13-10-17-15-8-3-2-7-14(13)15/h2-3,7-8,11-13,16H,4-6,9-10H2,1H3. The summed E-state index contributed by atoms with van der Waals surface area (Å²) in [7, 11) is 0. The average molecular weight is 231 g/mol. The normalized spacial score (nSPS) is 24.9.